The molecule has 1 aliphatic heterocycles. The molecule has 1 aliphatic rings. The van der Waals surface area contributed by atoms with Crippen LogP contribution in [0.3, 0.4) is 0 Å². The molecule has 0 amide bonds. The lowest BCUT2D eigenvalue weighted by atomic mass is 10.00. The number of pyridine rings is 1. The summed E-state index contributed by atoms with van der Waals surface area (Å²) in [6.45, 7) is 2.72. The summed E-state index contributed by atoms with van der Waals surface area (Å²) in [5.74, 6) is 0.716. The van der Waals surface area contributed by atoms with E-state index in [-0.39, 0.29) is 6.04 Å². The van der Waals surface area contributed by atoms with Crippen LogP contribution in [0.2, 0.25) is 0 Å². The van der Waals surface area contributed by atoms with Crippen molar-refractivity contribution in [3.63, 3.8) is 0 Å². The Labute approximate surface area is 71.6 Å². The van der Waals surface area contributed by atoms with Gasteiger partial charge in [-0.25, -0.2) is 4.98 Å². The van der Waals surface area contributed by atoms with E-state index in [2.05, 4.69) is 4.98 Å². The average Bonchev–Trinajstić information content (AvgIpc) is 2.04. The maximum absolute atomic E-state index is 5.93. The van der Waals surface area contributed by atoms with Gasteiger partial charge in [0.25, 0.3) is 0 Å². The molecule has 0 aromatic carbocycles. The van der Waals surface area contributed by atoms with Gasteiger partial charge in [0.1, 0.15) is 0 Å². The normalized spacial score (nSPS) is 21.3. The summed E-state index contributed by atoms with van der Waals surface area (Å²) in [7, 11) is 0. The van der Waals surface area contributed by atoms with E-state index in [1.54, 1.807) is 6.20 Å². The molecule has 0 fully saturated rings. The van der Waals surface area contributed by atoms with Gasteiger partial charge in [-0.3, -0.25) is 0 Å². The van der Waals surface area contributed by atoms with Crippen LogP contribution in [0.25, 0.3) is 0 Å². The Hall–Kier alpha value is -1.09. The predicted molar refractivity (Wildman–Crippen MR) is 46.0 cm³/mol. The molecule has 0 saturated carbocycles. The van der Waals surface area contributed by atoms with Crippen molar-refractivity contribution in [2.75, 3.05) is 6.61 Å². The number of aromatic nitrogens is 1. The highest BCUT2D eigenvalue weighted by Gasteiger charge is 2.20. The van der Waals surface area contributed by atoms with E-state index < -0.39 is 0 Å². The van der Waals surface area contributed by atoms with Crippen LogP contribution in [0, 0.1) is 6.92 Å². The molecule has 1 atom stereocenters. The molecule has 1 aromatic heterocycles. The van der Waals surface area contributed by atoms with Gasteiger partial charge in [0, 0.05) is 24.2 Å². The highest BCUT2D eigenvalue weighted by molar-refractivity contribution is 5.37. The Bertz CT molecular complexity index is 299. The molecule has 2 N–H and O–H groups in total. The number of ether oxygens (including phenoxy) is 1. The van der Waals surface area contributed by atoms with E-state index in [0.717, 1.165) is 12.0 Å². The first-order valence-electron chi connectivity index (χ1n) is 4.13. The van der Waals surface area contributed by atoms with Crippen LogP contribution in [0.15, 0.2) is 12.3 Å². The summed E-state index contributed by atoms with van der Waals surface area (Å²) in [6, 6.07) is 2.07. The molecule has 0 aliphatic carbocycles. The molecular formula is C9H12N2O. The van der Waals surface area contributed by atoms with Crippen molar-refractivity contribution < 1.29 is 4.74 Å². The topological polar surface area (TPSA) is 48.1 Å². The molecule has 3 heteroatoms. The number of rotatable bonds is 0. The lowest BCUT2D eigenvalue weighted by Gasteiger charge is -2.23. The summed E-state index contributed by atoms with van der Waals surface area (Å²) in [5.41, 5.74) is 8.17. The Morgan fingerprint density at radius 3 is 3.25 bits per heavy atom. The molecule has 0 spiro atoms. The van der Waals surface area contributed by atoms with Crippen molar-refractivity contribution in [3.05, 3.63) is 23.4 Å². The largest absolute Gasteiger partial charge is 0.477 e. The third-order valence-electron chi connectivity index (χ3n) is 2.21. The van der Waals surface area contributed by atoms with Gasteiger partial charge in [0.15, 0.2) is 0 Å². The number of nitrogens with two attached hydrogens (primary N) is 1. The zero-order valence-corrected chi connectivity index (χ0v) is 7.08. The molecule has 64 valence electrons. The van der Waals surface area contributed by atoms with E-state index in [4.69, 9.17) is 10.5 Å². The maximum atomic E-state index is 5.93. The summed E-state index contributed by atoms with van der Waals surface area (Å²) < 4.78 is 5.38. The number of hydrogen-bond donors (Lipinski definition) is 1. The SMILES string of the molecule is Cc1ccnc2c1C(N)CCO2. The van der Waals surface area contributed by atoms with Gasteiger partial charge in [-0.15, -0.1) is 0 Å². The molecule has 12 heavy (non-hydrogen) atoms. The Balaban J connectivity index is 2.53. The van der Waals surface area contributed by atoms with Crippen molar-refractivity contribution in [2.24, 2.45) is 5.73 Å². The van der Waals surface area contributed by atoms with Crippen molar-refractivity contribution in [1.29, 1.82) is 0 Å². The number of aryl methyl sites for hydroxylation is 1. The third-order valence-corrected chi connectivity index (χ3v) is 2.21. The average molecular weight is 164 g/mol. The first-order chi connectivity index (χ1) is 5.79. The molecule has 2 heterocycles. The Morgan fingerprint density at radius 1 is 1.67 bits per heavy atom. The van der Waals surface area contributed by atoms with Crippen LogP contribution in [0.1, 0.15) is 23.6 Å². The molecule has 2 rings (SSSR count). The van der Waals surface area contributed by atoms with Crippen LogP contribution in [0.5, 0.6) is 5.88 Å². The summed E-state index contributed by atoms with van der Waals surface area (Å²) >= 11 is 0. The smallest absolute Gasteiger partial charge is 0.218 e. The van der Waals surface area contributed by atoms with Crippen molar-refractivity contribution in [1.82, 2.24) is 4.98 Å². The summed E-state index contributed by atoms with van der Waals surface area (Å²) in [5, 5.41) is 0. The summed E-state index contributed by atoms with van der Waals surface area (Å²) in [6.07, 6.45) is 2.64. The number of fused-ring (bicyclic) bond motifs is 1. The minimum absolute atomic E-state index is 0.0995. The second-order valence-corrected chi connectivity index (χ2v) is 3.09. The fourth-order valence-corrected chi connectivity index (χ4v) is 1.54. The summed E-state index contributed by atoms with van der Waals surface area (Å²) in [4.78, 5) is 4.13. The molecule has 3 nitrogen and oxygen atoms in total. The molecular weight excluding hydrogens is 152 g/mol. The molecule has 1 aromatic rings. The van der Waals surface area contributed by atoms with Crippen LogP contribution in [0.4, 0.5) is 0 Å². The zero-order valence-electron chi connectivity index (χ0n) is 7.08. The van der Waals surface area contributed by atoms with Crippen LogP contribution in [-0.2, 0) is 0 Å². The minimum atomic E-state index is 0.0995. The quantitative estimate of drug-likeness (QED) is 0.626. The highest BCUT2D eigenvalue weighted by Crippen LogP contribution is 2.30. The van der Waals surface area contributed by atoms with E-state index in [1.807, 2.05) is 13.0 Å². The van der Waals surface area contributed by atoms with E-state index in [0.29, 0.717) is 12.5 Å². The molecule has 0 bridgehead atoms. The van der Waals surface area contributed by atoms with Gasteiger partial charge in [-0.05, 0) is 18.6 Å². The van der Waals surface area contributed by atoms with Crippen molar-refractivity contribution >= 4 is 0 Å². The monoisotopic (exact) mass is 164 g/mol. The second kappa shape index (κ2) is 2.75. The number of hydrogen-bond acceptors (Lipinski definition) is 3. The van der Waals surface area contributed by atoms with E-state index in [9.17, 15) is 0 Å². The molecule has 0 radical (unpaired) electrons. The fraction of sp³-hybridized carbons (Fsp3) is 0.444. The maximum Gasteiger partial charge on any atom is 0.218 e. The minimum Gasteiger partial charge on any atom is -0.477 e. The van der Waals surface area contributed by atoms with Crippen LogP contribution >= 0.6 is 0 Å². The van der Waals surface area contributed by atoms with Crippen molar-refractivity contribution in [3.8, 4) is 5.88 Å². The fourth-order valence-electron chi connectivity index (χ4n) is 1.54. The first-order valence-corrected chi connectivity index (χ1v) is 4.13. The standard InChI is InChI=1S/C9H12N2O/c1-6-2-4-11-9-8(6)7(10)3-5-12-9/h2,4,7H,3,5,10H2,1H3. The predicted octanol–water partition coefficient (Wildman–Crippen LogP) is 1.17. The van der Waals surface area contributed by atoms with Gasteiger partial charge >= 0.3 is 0 Å². The van der Waals surface area contributed by atoms with E-state index >= 15 is 0 Å². The third kappa shape index (κ3) is 1.06. The van der Waals surface area contributed by atoms with Gasteiger partial charge in [0.05, 0.1) is 6.61 Å². The van der Waals surface area contributed by atoms with Gasteiger partial charge in [-0.1, -0.05) is 0 Å². The lowest BCUT2D eigenvalue weighted by molar-refractivity contribution is 0.257. The van der Waals surface area contributed by atoms with E-state index in [1.165, 1.54) is 5.56 Å². The molecule has 1 unspecified atom stereocenters. The van der Waals surface area contributed by atoms with Crippen LogP contribution < -0.4 is 10.5 Å². The molecule has 0 saturated heterocycles. The highest BCUT2D eigenvalue weighted by atomic mass is 16.5. The lowest BCUT2D eigenvalue weighted by Crippen LogP contribution is -2.22. The van der Waals surface area contributed by atoms with Gasteiger partial charge in [-0.2, -0.15) is 0 Å². The zero-order chi connectivity index (χ0) is 8.55. The Morgan fingerprint density at radius 2 is 2.50 bits per heavy atom. The Kier molecular flexibility index (Phi) is 1.73. The van der Waals surface area contributed by atoms with Gasteiger partial charge < -0.3 is 10.5 Å². The van der Waals surface area contributed by atoms with Gasteiger partial charge in [0.2, 0.25) is 5.88 Å². The van der Waals surface area contributed by atoms with Crippen molar-refractivity contribution in [2.45, 2.75) is 19.4 Å². The number of nitrogens with zero attached hydrogens (tertiary/aromatic N) is 1. The first kappa shape index (κ1) is 7.55. The second-order valence-electron chi connectivity index (χ2n) is 3.09. The van der Waals surface area contributed by atoms with Crippen LogP contribution in [-0.4, -0.2) is 11.6 Å².